The van der Waals surface area contributed by atoms with Gasteiger partial charge in [-0.25, -0.2) is 0 Å². The van der Waals surface area contributed by atoms with Crippen molar-refractivity contribution in [3.8, 4) is 0 Å². The Labute approximate surface area is 179 Å². The molecule has 7 aromatic rings. The Morgan fingerprint density at radius 1 is 0.448 bits per heavy atom. The summed E-state index contributed by atoms with van der Waals surface area (Å²) < 4.78 is 8.50. The zero-order valence-electron chi connectivity index (χ0n) is 16.0. The lowest BCUT2D eigenvalue weighted by atomic mass is 10.0. The third kappa shape index (κ3) is 2.24. The normalized spacial score (nSPS) is 12.5. The fraction of sp³-hybridized carbons (Fsp3) is 0.0769. The van der Waals surface area contributed by atoms with E-state index in [-0.39, 0.29) is 0 Å². The van der Waals surface area contributed by atoms with Crippen LogP contribution in [0.3, 0.4) is 0 Å². The molecule has 0 saturated carbocycles. The first kappa shape index (κ1) is 16.3. The lowest BCUT2D eigenvalue weighted by Crippen LogP contribution is -1.75. The summed E-state index contributed by atoms with van der Waals surface area (Å²) >= 11 is 5.83. The standard InChI is InChI=1S/C26H16S3/c1-13-3-5-15-9-18-19-11-24-20(12-23(19)27-22(18)10-16(15)7-13)26-25(29-24)17-6-4-14(2)8-21(17)28-26/h3-12H,1-2H3. The van der Waals surface area contributed by atoms with Crippen molar-refractivity contribution >= 4 is 94.5 Å². The molecule has 0 aliphatic heterocycles. The van der Waals surface area contributed by atoms with Crippen LogP contribution >= 0.6 is 34.0 Å². The van der Waals surface area contributed by atoms with Gasteiger partial charge in [0.15, 0.2) is 0 Å². The van der Waals surface area contributed by atoms with E-state index < -0.39 is 0 Å². The fourth-order valence-electron chi connectivity index (χ4n) is 4.50. The molecule has 0 unspecified atom stereocenters. The minimum Gasteiger partial charge on any atom is -0.135 e. The molecule has 0 nitrogen and oxygen atoms in total. The number of hydrogen-bond acceptors (Lipinski definition) is 3. The second-order valence-electron chi connectivity index (χ2n) is 8.01. The number of rotatable bonds is 0. The summed E-state index contributed by atoms with van der Waals surface area (Å²) in [6, 6.07) is 23.2. The highest BCUT2D eigenvalue weighted by molar-refractivity contribution is 7.36. The smallest absolute Gasteiger partial charge is 0.0542 e. The summed E-state index contributed by atoms with van der Waals surface area (Å²) in [6.07, 6.45) is 0. The van der Waals surface area contributed by atoms with E-state index in [1.807, 2.05) is 34.0 Å². The largest absolute Gasteiger partial charge is 0.135 e. The summed E-state index contributed by atoms with van der Waals surface area (Å²) in [5, 5.41) is 8.29. The molecule has 138 valence electrons. The molecule has 0 N–H and O–H groups in total. The van der Waals surface area contributed by atoms with Crippen molar-refractivity contribution in [2.24, 2.45) is 0 Å². The lowest BCUT2D eigenvalue weighted by molar-refractivity contribution is 1.51. The molecule has 0 spiro atoms. The molecule has 7 rings (SSSR count). The summed E-state index contributed by atoms with van der Waals surface area (Å²) in [5.41, 5.74) is 2.66. The number of aryl methyl sites for hydroxylation is 2. The van der Waals surface area contributed by atoms with Gasteiger partial charge < -0.3 is 0 Å². The van der Waals surface area contributed by atoms with Gasteiger partial charge in [0.2, 0.25) is 0 Å². The van der Waals surface area contributed by atoms with Crippen molar-refractivity contribution in [3.63, 3.8) is 0 Å². The number of hydrogen-bond donors (Lipinski definition) is 0. The van der Waals surface area contributed by atoms with E-state index in [4.69, 9.17) is 0 Å². The van der Waals surface area contributed by atoms with Gasteiger partial charge in [0.25, 0.3) is 0 Å². The van der Waals surface area contributed by atoms with Crippen molar-refractivity contribution in [1.82, 2.24) is 0 Å². The van der Waals surface area contributed by atoms with Crippen LogP contribution in [0.1, 0.15) is 11.1 Å². The molecule has 0 fully saturated rings. The van der Waals surface area contributed by atoms with Gasteiger partial charge in [0, 0.05) is 40.3 Å². The van der Waals surface area contributed by atoms with Gasteiger partial charge >= 0.3 is 0 Å². The van der Waals surface area contributed by atoms with Crippen LogP contribution in [0.4, 0.5) is 0 Å². The summed E-state index contributed by atoms with van der Waals surface area (Å²) in [5.74, 6) is 0. The molecule has 3 aromatic heterocycles. The molecule has 4 aromatic carbocycles. The van der Waals surface area contributed by atoms with Gasteiger partial charge in [-0.1, -0.05) is 35.9 Å². The Bertz CT molecular complexity index is 1760. The Hall–Kier alpha value is -2.46. The van der Waals surface area contributed by atoms with Gasteiger partial charge in [-0.3, -0.25) is 0 Å². The van der Waals surface area contributed by atoms with Crippen LogP contribution < -0.4 is 0 Å². The third-order valence-corrected chi connectivity index (χ3v) is 9.56. The highest BCUT2D eigenvalue weighted by Gasteiger charge is 2.15. The van der Waals surface area contributed by atoms with Crippen LogP contribution in [-0.2, 0) is 0 Å². The average Bonchev–Trinajstić information content (AvgIpc) is 3.33. The Kier molecular flexibility index (Phi) is 3.14. The van der Waals surface area contributed by atoms with Gasteiger partial charge in [-0.15, -0.1) is 34.0 Å². The van der Waals surface area contributed by atoms with Gasteiger partial charge in [-0.2, -0.15) is 0 Å². The van der Waals surface area contributed by atoms with E-state index >= 15 is 0 Å². The van der Waals surface area contributed by atoms with Gasteiger partial charge in [0.1, 0.15) is 0 Å². The van der Waals surface area contributed by atoms with E-state index in [1.165, 1.54) is 71.6 Å². The quantitative estimate of drug-likeness (QED) is 0.227. The van der Waals surface area contributed by atoms with E-state index in [9.17, 15) is 0 Å². The van der Waals surface area contributed by atoms with Crippen molar-refractivity contribution in [2.75, 3.05) is 0 Å². The zero-order chi connectivity index (χ0) is 19.3. The highest BCUT2D eigenvalue weighted by Crippen LogP contribution is 2.47. The Morgan fingerprint density at radius 3 is 1.97 bits per heavy atom. The minimum absolute atomic E-state index is 1.32. The van der Waals surface area contributed by atoms with Crippen LogP contribution in [0.25, 0.3) is 60.5 Å². The number of fused-ring (bicyclic) bond motifs is 9. The van der Waals surface area contributed by atoms with Gasteiger partial charge in [-0.05, 0) is 60.5 Å². The van der Waals surface area contributed by atoms with Crippen LogP contribution in [0, 0.1) is 13.8 Å². The first-order valence-corrected chi connectivity index (χ1v) is 12.2. The van der Waals surface area contributed by atoms with E-state index in [2.05, 4.69) is 74.5 Å². The monoisotopic (exact) mass is 424 g/mol. The Morgan fingerprint density at radius 2 is 1.07 bits per heavy atom. The molecule has 3 heterocycles. The summed E-state index contributed by atoms with van der Waals surface area (Å²) in [4.78, 5) is 0. The first-order chi connectivity index (χ1) is 14.1. The summed E-state index contributed by atoms with van der Waals surface area (Å²) in [7, 11) is 0. The molecule has 0 saturated heterocycles. The predicted octanol–water partition coefficient (Wildman–Crippen LogP) is 9.41. The van der Waals surface area contributed by atoms with Crippen LogP contribution in [-0.4, -0.2) is 0 Å². The molecule has 0 aliphatic rings. The topological polar surface area (TPSA) is 0 Å². The average molecular weight is 425 g/mol. The molecule has 29 heavy (non-hydrogen) atoms. The minimum atomic E-state index is 1.32. The maximum atomic E-state index is 2.44. The molecular weight excluding hydrogens is 408 g/mol. The number of benzene rings is 4. The number of thiophene rings is 3. The molecule has 0 atom stereocenters. The van der Waals surface area contributed by atoms with Crippen LogP contribution in [0.15, 0.2) is 60.7 Å². The van der Waals surface area contributed by atoms with E-state index in [0.29, 0.717) is 0 Å². The van der Waals surface area contributed by atoms with Gasteiger partial charge in [0.05, 0.1) is 9.40 Å². The molecular formula is C26H16S3. The maximum Gasteiger partial charge on any atom is 0.0542 e. The van der Waals surface area contributed by atoms with Crippen molar-refractivity contribution in [3.05, 3.63) is 71.8 Å². The second-order valence-corrected chi connectivity index (χ2v) is 11.2. The third-order valence-electron chi connectivity index (χ3n) is 5.94. The molecule has 0 radical (unpaired) electrons. The highest BCUT2D eigenvalue weighted by atomic mass is 32.1. The molecule has 0 bridgehead atoms. The summed E-state index contributed by atoms with van der Waals surface area (Å²) in [6.45, 7) is 4.35. The van der Waals surface area contributed by atoms with Crippen LogP contribution in [0.2, 0.25) is 0 Å². The SMILES string of the molecule is Cc1ccc2cc3c(cc2c1)sc1cc2c(cc13)sc1c3ccc(C)cc3sc21. The van der Waals surface area contributed by atoms with E-state index in [1.54, 1.807) is 0 Å². The Balaban J connectivity index is 1.60. The van der Waals surface area contributed by atoms with Crippen molar-refractivity contribution in [1.29, 1.82) is 0 Å². The van der Waals surface area contributed by atoms with Crippen LogP contribution in [0.5, 0.6) is 0 Å². The second kappa shape index (κ2) is 5.57. The van der Waals surface area contributed by atoms with E-state index in [0.717, 1.165) is 0 Å². The van der Waals surface area contributed by atoms with Crippen molar-refractivity contribution < 1.29 is 0 Å². The lowest BCUT2D eigenvalue weighted by Gasteiger charge is -2.00. The predicted molar refractivity (Wildman–Crippen MR) is 135 cm³/mol. The molecule has 0 amide bonds. The molecule has 3 heteroatoms. The molecule has 0 aliphatic carbocycles. The van der Waals surface area contributed by atoms with Crippen molar-refractivity contribution in [2.45, 2.75) is 13.8 Å². The first-order valence-electron chi connectivity index (χ1n) is 9.76. The fourth-order valence-corrected chi connectivity index (χ4v) is 8.42. The zero-order valence-corrected chi connectivity index (χ0v) is 18.4. The maximum absolute atomic E-state index is 2.44.